The van der Waals surface area contributed by atoms with Crippen molar-refractivity contribution in [1.82, 2.24) is 9.55 Å². The Labute approximate surface area is 185 Å². The average Bonchev–Trinajstić information content (AvgIpc) is 3.22. The van der Waals surface area contributed by atoms with E-state index in [1.807, 2.05) is 6.92 Å². The molecule has 0 aliphatic rings. The number of carbonyl (C=O) groups is 1. The first-order valence-corrected chi connectivity index (χ1v) is 10.2. The van der Waals surface area contributed by atoms with E-state index in [2.05, 4.69) is 4.98 Å². The molecule has 0 radical (unpaired) electrons. The minimum atomic E-state index is -0.775. The number of rotatable bonds is 6. The van der Waals surface area contributed by atoms with Crippen LogP contribution in [-0.4, -0.2) is 28.2 Å². The molecule has 3 aromatic rings. The quantitative estimate of drug-likeness (QED) is 0.490. The number of hydrogen-bond acceptors (Lipinski definition) is 6. The molecule has 0 aliphatic carbocycles. The SMILES string of the molecule is CCC(C(=O)OC(C)(C)C)n1cc(OC)c(-c2cc(Cl)ccc2-c2cnco2)cc1=O. The molecule has 0 amide bonds. The van der Waals surface area contributed by atoms with Gasteiger partial charge in [-0.05, 0) is 51.0 Å². The summed E-state index contributed by atoms with van der Waals surface area (Å²) in [5.41, 5.74) is 0.853. The zero-order chi connectivity index (χ0) is 22.8. The highest BCUT2D eigenvalue weighted by atomic mass is 35.5. The van der Waals surface area contributed by atoms with Crippen LogP contribution in [0.1, 0.15) is 40.2 Å². The van der Waals surface area contributed by atoms with Crippen molar-refractivity contribution in [3.05, 3.63) is 58.4 Å². The maximum Gasteiger partial charge on any atom is 0.329 e. The van der Waals surface area contributed by atoms with Gasteiger partial charge < -0.3 is 13.9 Å². The predicted molar refractivity (Wildman–Crippen MR) is 118 cm³/mol. The van der Waals surface area contributed by atoms with Gasteiger partial charge in [-0.1, -0.05) is 18.5 Å². The first kappa shape index (κ1) is 22.6. The standard InChI is InChI=1S/C23H25ClN2O5/c1-6-18(22(28)31-23(2,3)4)26-12-20(29-5)17(10-21(26)27)16-9-14(24)7-8-15(16)19-11-25-13-30-19/h7-13,18H,6H2,1-5H3. The maximum absolute atomic E-state index is 13.1. The third kappa shape index (κ3) is 4.99. The lowest BCUT2D eigenvalue weighted by Gasteiger charge is -2.25. The first-order valence-electron chi connectivity index (χ1n) is 9.86. The average molecular weight is 445 g/mol. The third-order valence-electron chi connectivity index (χ3n) is 4.63. The molecule has 2 heterocycles. The van der Waals surface area contributed by atoms with Crippen molar-refractivity contribution in [2.24, 2.45) is 0 Å². The van der Waals surface area contributed by atoms with E-state index >= 15 is 0 Å². The van der Waals surface area contributed by atoms with E-state index in [4.69, 9.17) is 25.5 Å². The Bertz CT molecular complexity index is 1130. The van der Waals surface area contributed by atoms with E-state index in [9.17, 15) is 9.59 Å². The van der Waals surface area contributed by atoms with Gasteiger partial charge in [0.05, 0.1) is 19.5 Å². The fourth-order valence-electron chi connectivity index (χ4n) is 3.30. The highest BCUT2D eigenvalue weighted by Crippen LogP contribution is 2.38. The Hall–Kier alpha value is -3.06. The number of nitrogens with zero attached hydrogens (tertiary/aromatic N) is 2. The lowest BCUT2D eigenvalue weighted by Crippen LogP contribution is -2.34. The van der Waals surface area contributed by atoms with Crippen LogP contribution < -0.4 is 10.3 Å². The van der Waals surface area contributed by atoms with Crippen LogP contribution in [0, 0.1) is 0 Å². The topological polar surface area (TPSA) is 83.6 Å². The van der Waals surface area contributed by atoms with Crippen LogP contribution >= 0.6 is 11.6 Å². The summed E-state index contributed by atoms with van der Waals surface area (Å²) < 4.78 is 17.9. The van der Waals surface area contributed by atoms with Crippen molar-refractivity contribution in [2.75, 3.05) is 7.11 Å². The molecule has 0 bridgehead atoms. The van der Waals surface area contributed by atoms with E-state index < -0.39 is 17.6 Å². The molecule has 0 aliphatic heterocycles. The molecule has 2 aromatic heterocycles. The molecule has 164 valence electrons. The summed E-state index contributed by atoms with van der Waals surface area (Å²) in [4.78, 5) is 29.7. The van der Waals surface area contributed by atoms with Gasteiger partial charge in [-0.2, -0.15) is 0 Å². The molecule has 0 saturated carbocycles. The van der Waals surface area contributed by atoms with E-state index in [0.717, 1.165) is 0 Å². The van der Waals surface area contributed by atoms with Gasteiger partial charge in [0.2, 0.25) is 0 Å². The second kappa shape index (κ2) is 8.98. The molecular weight excluding hydrogens is 420 g/mol. The summed E-state index contributed by atoms with van der Waals surface area (Å²) in [6.45, 7) is 7.18. The van der Waals surface area contributed by atoms with Crippen molar-refractivity contribution >= 4 is 17.6 Å². The number of methoxy groups -OCH3 is 1. The molecule has 31 heavy (non-hydrogen) atoms. The highest BCUT2D eigenvalue weighted by Gasteiger charge is 2.27. The minimum absolute atomic E-state index is 0.364. The Kier molecular flexibility index (Phi) is 6.55. The number of ether oxygens (including phenoxy) is 2. The van der Waals surface area contributed by atoms with Crippen LogP contribution in [0.5, 0.6) is 5.75 Å². The summed E-state index contributed by atoms with van der Waals surface area (Å²) in [6, 6.07) is 5.90. The van der Waals surface area contributed by atoms with Crippen LogP contribution in [0.25, 0.3) is 22.5 Å². The zero-order valence-corrected chi connectivity index (χ0v) is 18.9. The molecule has 0 saturated heterocycles. The molecule has 0 spiro atoms. The maximum atomic E-state index is 13.1. The second-order valence-corrected chi connectivity index (χ2v) is 8.45. The smallest absolute Gasteiger partial charge is 0.329 e. The number of aromatic nitrogens is 2. The zero-order valence-electron chi connectivity index (χ0n) is 18.1. The van der Waals surface area contributed by atoms with Crippen LogP contribution in [0.15, 0.2) is 52.3 Å². The number of carbonyl (C=O) groups excluding carboxylic acids is 1. The fraction of sp³-hybridized carbons (Fsp3) is 0.348. The Balaban J connectivity index is 2.14. The predicted octanol–water partition coefficient (Wildman–Crippen LogP) is 5.13. The third-order valence-corrected chi connectivity index (χ3v) is 4.87. The van der Waals surface area contributed by atoms with Crippen molar-refractivity contribution in [3.8, 4) is 28.2 Å². The Morgan fingerprint density at radius 3 is 2.55 bits per heavy atom. The Morgan fingerprint density at radius 2 is 1.97 bits per heavy atom. The lowest BCUT2D eigenvalue weighted by atomic mass is 9.98. The summed E-state index contributed by atoms with van der Waals surface area (Å²) in [5, 5.41) is 0.490. The van der Waals surface area contributed by atoms with Gasteiger partial charge in [-0.3, -0.25) is 9.36 Å². The van der Waals surface area contributed by atoms with E-state index in [0.29, 0.717) is 39.6 Å². The molecule has 7 nitrogen and oxygen atoms in total. The minimum Gasteiger partial charge on any atom is -0.495 e. The largest absolute Gasteiger partial charge is 0.495 e. The number of hydrogen-bond donors (Lipinski definition) is 0. The summed E-state index contributed by atoms with van der Waals surface area (Å²) in [7, 11) is 1.50. The Morgan fingerprint density at radius 1 is 1.23 bits per heavy atom. The van der Waals surface area contributed by atoms with E-state index in [-0.39, 0.29) is 5.56 Å². The van der Waals surface area contributed by atoms with Crippen molar-refractivity contribution < 1.29 is 18.7 Å². The van der Waals surface area contributed by atoms with Gasteiger partial charge in [0.15, 0.2) is 12.2 Å². The summed E-state index contributed by atoms with van der Waals surface area (Å²) in [5.74, 6) is 0.458. The molecule has 1 unspecified atom stereocenters. The van der Waals surface area contributed by atoms with Gasteiger partial charge in [-0.25, -0.2) is 9.78 Å². The van der Waals surface area contributed by atoms with Crippen molar-refractivity contribution in [3.63, 3.8) is 0 Å². The van der Waals surface area contributed by atoms with Crippen molar-refractivity contribution in [2.45, 2.75) is 45.8 Å². The number of halogens is 1. The molecule has 3 rings (SSSR count). The van der Waals surface area contributed by atoms with Gasteiger partial charge in [0.25, 0.3) is 5.56 Å². The number of benzene rings is 1. The molecular formula is C23H25ClN2O5. The second-order valence-electron chi connectivity index (χ2n) is 8.01. The molecule has 1 aromatic carbocycles. The fourth-order valence-corrected chi connectivity index (χ4v) is 3.47. The van der Waals surface area contributed by atoms with E-state index in [1.165, 1.54) is 30.3 Å². The van der Waals surface area contributed by atoms with Gasteiger partial charge in [0.1, 0.15) is 17.4 Å². The molecule has 0 N–H and O–H groups in total. The molecule has 0 fully saturated rings. The normalized spacial score (nSPS) is 12.5. The molecule has 1 atom stereocenters. The van der Waals surface area contributed by atoms with Crippen LogP contribution in [-0.2, 0) is 9.53 Å². The summed E-state index contributed by atoms with van der Waals surface area (Å²) >= 11 is 6.24. The van der Waals surface area contributed by atoms with E-state index in [1.54, 1.807) is 45.2 Å². The van der Waals surface area contributed by atoms with Crippen LogP contribution in [0.3, 0.4) is 0 Å². The van der Waals surface area contributed by atoms with Gasteiger partial charge in [0, 0.05) is 22.2 Å². The van der Waals surface area contributed by atoms with Crippen LogP contribution in [0.2, 0.25) is 5.02 Å². The summed E-state index contributed by atoms with van der Waals surface area (Å²) in [6.07, 6.45) is 4.82. The monoisotopic (exact) mass is 444 g/mol. The van der Waals surface area contributed by atoms with Crippen LogP contribution in [0.4, 0.5) is 0 Å². The van der Waals surface area contributed by atoms with Gasteiger partial charge in [-0.15, -0.1) is 0 Å². The van der Waals surface area contributed by atoms with Gasteiger partial charge >= 0.3 is 5.97 Å². The number of pyridine rings is 1. The van der Waals surface area contributed by atoms with Crippen molar-refractivity contribution in [1.29, 1.82) is 0 Å². The molecule has 8 heteroatoms. The highest BCUT2D eigenvalue weighted by molar-refractivity contribution is 6.31. The number of esters is 1. The number of oxazole rings is 1. The lowest BCUT2D eigenvalue weighted by molar-refractivity contribution is -0.159. The first-order chi connectivity index (χ1) is 14.6.